The molecule has 3 nitrogen and oxygen atoms in total. The topological polar surface area (TPSA) is 41.6 Å². The third kappa shape index (κ3) is 2.22. The molecule has 0 radical (unpaired) electrons. The van der Waals surface area contributed by atoms with Crippen LogP contribution in [0.2, 0.25) is 0 Å². The number of rotatable bonds is 3. The molecule has 0 fully saturated rings. The Balaban J connectivity index is 2.30. The van der Waals surface area contributed by atoms with E-state index in [1.807, 2.05) is 0 Å². The monoisotopic (exact) mass is 245 g/mol. The second kappa shape index (κ2) is 5.01. The van der Waals surface area contributed by atoms with Crippen molar-refractivity contribution in [1.29, 1.82) is 0 Å². The van der Waals surface area contributed by atoms with Crippen LogP contribution < -0.4 is 5.73 Å². The summed E-state index contributed by atoms with van der Waals surface area (Å²) >= 11 is 0. The van der Waals surface area contributed by atoms with Gasteiger partial charge in [0.15, 0.2) is 5.96 Å². The average molecular weight is 245 g/mol. The summed E-state index contributed by atoms with van der Waals surface area (Å²) < 4.78 is 0. The standard InChI is InChI=1S/C15H23N3/c1-5-12(4)18-14(9-17-15(18)16)13-7-6-10(2)11(3)8-13/h6-8,12,14H,5,9H2,1-4H3,(H2,16,17). The van der Waals surface area contributed by atoms with Gasteiger partial charge in [-0.25, -0.2) is 0 Å². The molecule has 18 heavy (non-hydrogen) atoms. The van der Waals surface area contributed by atoms with Gasteiger partial charge in [-0.15, -0.1) is 0 Å². The van der Waals surface area contributed by atoms with Crippen molar-refractivity contribution in [3.05, 3.63) is 34.9 Å². The highest BCUT2D eigenvalue weighted by atomic mass is 15.3. The largest absolute Gasteiger partial charge is 0.370 e. The molecule has 0 saturated heterocycles. The van der Waals surface area contributed by atoms with Gasteiger partial charge in [0.2, 0.25) is 0 Å². The van der Waals surface area contributed by atoms with Gasteiger partial charge < -0.3 is 10.6 Å². The molecule has 2 unspecified atom stereocenters. The molecule has 1 aliphatic heterocycles. The van der Waals surface area contributed by atoms with Crippen LogP contribution in [0.25, 0.3) is 0 Å². The van der Waals surface area contributed by atoms with E-state index in [-0.39, 0.29) is 0 Å². The van der Waals surface area contributed by atoms with Gasteiger partial charge in [0.05, 0.1) is 12.6 Å². The van der Waals surface area contributed by atoms with Crippen LogP contribution in [0.1, 0.15) is 43.0 Å². The van der Waals surface area contributed by atoms with Gasteiger partial charge >= 0.3 is 0 Å². The lowest BCUT2D eigenvalue weighted by Gasteiger charge is -2.32. The van der Waals surface area contributed by atoms with E-state index in [1.54, 1.807) is 0 Å². The maximum atomic E-state index is 6.03. The van der Waals surface area contributed by atoms with Crippen molar-refractivity contribution < 1.29 is 0 Å². The molecule has 1 heterocycles. The summed E-state index contributed by atoms with van der Waals surface area (Å²) in [6.07, 6.45) is 1.08. The second-order valence-electron chi connectivity index (χ2n) is 5.22. The van der Waals surface area contributed by atoms with Crippen molar-refractivity contribution in [2.75, 3.05) is 6.54 Å². The van der Waals surface area contributed by atoms with Crippen LogP contribution in [0.5, 0.6) is 0 Å². The lowest BCUT2D eigenvalue weighted by Crippen LogP contribution is -2.42. The lowest BCUT2D eigenvalue weighted by atomic mass is 9.99. The molecule has 3 heteroatoms. The summed E-state index contributed by atoms with van der Waals surface area (Å²) in [7, 11) is 0. The van der Waals surface area contributed by atoms with Crippen molar-refractivity contribution in [1.82, 2.24) is 4.90 Å². The Hall–Kier alpha value is -1.51. The van der Waals surface area contributed by atoms with Crippen LogP contribution in [-0.2, 0) is 0 Å². The number of hydrogen-bond donors (Lipinski definition) is 1. The van der Waals surface area contributed by atoms with Crippen LogP contribution in [-0.4, -0.2) is 23.4 Å². The molecule has 1 aromatic rings. The molecule has 0 amide bonds. The van der Waals surface area contributed by atoms with Crippen molar-refractivity contribution >= 4 is 5.96 Å². The third-order valence-electron chi connectivity index (χ3n) is 4.01. The first-order chi connectivity index (χ1) is 8.54. The summed E-state index contributed by atoms with van der Waals surface area (Å²) in [6, 6.07) is 7.40. The van der Waals surface area contributed by atoms with E-state index in [0.29, 0.717) is 18.0 Å². The van der Waals surface area contributed by atoms with Crippen molar-refractivity contribution in [3.8, 4) is 0 Å². The van der Waals surface area contributed by atoms with E-state index in [0.717, 1.165) is 13.0 Å². The van der Waals surface area contributed by atoms with Crippen LogP contribution in [0.3, 0.4) is 0 Å². The fourth-order valence-electron chi connectivity index (χ4n) is 2.48. The molecule has 0 aliphatic carbocycles. The number of benzene rings is 1. The van der Waals surface area contributed by atoms with E-state index in [9.17, 15) is 0 Å². The van der Waals surface area contributed by atoms with Crippen LogP contribution in [0.4, 0.5) is 0 Å². The minimum atomic E-state index is 0.305. The van der Waals surface area contributed by atoms with Gasteiger partial charge in [-0.05, 0) is 43.9 Å². The molecule has 2 rings (SSSR count). The van der Waals surface area contributed by atoms with Gasteiger partial charge in [-0.2, -0.15) is 0 Å². The summed E-state index contributed by atoms with van der Waals surface area (Å²) in [4.78, 5) is 6.67. The Bertz CT molecular complexity index is 465. The molecule has 2 N–H and O–H groups in total. The number of aryl methyl sites for hydroxylation is 2. The van der Waals surface area contributed by atoms with Gasteiger partial charge in [0.25, 0.3) is 0 Å². The highest BCUT2D eigenvalue weighted by molar-refractivity contribution is 5.80. The minimum Gasteiger partial charge on any atom is -0.370 e. The number of aliphatic imine (C=N–C) groups is 1. The maximum Gasteiger partial charge on any atom is 0.192 e. The molecule has 1 aliphatic rings. The highest BCUT2D eigenvalue weighted by Gasteiger charge is 2.30. The molecular weight excluding hydrogens is 222 g/mol. The number of nitrogens with two attached hydrogens (primary N) is 1. The van der Waals surface area contributed by atoms with Gasteiger partial charge in [-0.1, -0.05) is 25.1 Å². The zero-order valence-corrected chi connectivity index (χ0v) is 11.8. The highest BCUT2D eigenvalue weighted by Crippen LogP contribution is 2.29. The smallest absolute Gasteiger partial charge is 0.192 e. The summed E-state index contributed by atoms with van der Waals surface area (Å²) in [5.41, 5.74) is 10.0. The first-order valence-electron chi connectivity index (χ1n) is 6.70. The molecule has 0 aromatic heterocycles. The fourth-order valence-corrected chi connectivity index (χ4v) is 2.48. The van der Waals surface area contributed by atoms with Gasteiger partial charge in [0, 0.05) is 6.04 Å². The molecule has 0 spiro atoms. The third-order valence-corrected chi connectivity index (χ3v) is 4.01. The summed E-state index contributed by atoms with van der Waals surface area (Å²) in [6.45, 7) is 9.48. The Kier molecular flexibility index (Phi) is 3.60. The minimum absolute atomic E-state index is 0.305. The summed E-state index contributed by atoms with van der Waals surface area (Å²) in [5, 5.41) is 0. The van der Waals surface area contributed by atoms with E-state index in [1.165, 1.54) is 16.7 Å². The molecule has 98 valence electrons. The zero-order valence-electron chi connectivity index (χ0n) is 11.8. The second-order valence-corrected chi connectivity index (χ2v) is 5.22. The summed E-state index contributed by atoms with van der Waals surface area (Å²) in [5.74, 6) is 0.688. The van der Waals surface area contributed by atoms with E-state index in [4.69, 9.17) is 5.73 Å². The fraction of sp³-hybridized carbons (Fsp3) is 0.533. The zero-order chi connectivity index (χ0) is 13.3. The Morgan fingerprint density at radius 3 is 2.72 bits per heavy atom. The van der Waals surface area contributed by atoms with E-state index >= 15 is 0 Å². The van der Waals surface area contributed by atoms with E-state index in [2.05, 4.69) is 55.8 Å². The molecule has 1 aromatic carbocycles. The first-order valence-corrected chi connectivity index (χ1v) is 6.70. The van der Waals surface area contributed by atoms with Gasteiger partial charge in [0.1, 0.15) is 0 Å². The number of guanidine groups is 1. The molecule has 2 atom stereocenters. The Labute approximate surface area is 110 Å². The predicted octanol–water partition coefficient (Wildman–Crippen LogP) is 2.77. The van der Waals surface area contributed by atoms with Crippen LogP contribution >= 0.6 is 0 Å². The number of hydrogen-bond acceptors (Lipinski definition) is 3. The van der Waals surface area contributed by atoms with Crippen molar-refractivity contribution in [2.24, 2.45) is 10.7 Å². The average Bonchev–Trinajstić information content (AvgIpc) is 2.74. The molecule has 0 saturated carbocycles. The van der Waals surface area contributed by atoms with Crippen molar-refractivity contribution in [3.63, 3.8) is 0 Å². The normalized spacial score (nSPS) is 21.0. The van der Waals surface area contributed by atoms with E-state index < -0.39 is 0 Å². The predicted molar refractivity (Wildman–Crippen MR) is 76.7 cm³/mol. The Morgan fingerprint density at radius 1 is 1.39 bits per heavy atom. The SMILES string of the molecule is CCC(C)N1C(N)=NCC1c1ccc(C)c(C)c1. The van der Waals surface area contributed by atoms with Crippen molar-refractivity contribution in [2.45, 2.75) is 46.2 Å². The Morgan fingerprint density at radius 2 is 2.11 bits per heavy atom. The van der Waals surface area contributed by atoms with Gasteiger partial charge in [-0.3, -0.25) is 4.99 Å². The molecular formula is C15H23N3. The molecule has 0 bridgehead atoms. The van der Waals surface area contributed by atoms with Crippen LogP contribution in [0.15, 0.2) is 23.2 Å². The maximum absolute atomic E-state index is 6.03. The van der Waals surface area contributed by atoms with Crippen LogP contribution in [0, 0.1) is 13.8 Å². The number of nitrogens with zero attached hydrogens (tertiary/aromatic N) is 2. The quantitative estimate of drug-likeness (QED) is 0.889. The first kappa shape index (κ1) is 12.9. The lowest BCUT2D eigenvalue weighted by molar-refractivity contribution is 0.268.